The molecule has 0 amide bonds. The van der Waals surface area contributed by atoms with Crippen molar-refractivity contribution in [2.45, 2.75) is 45.4 Å². The van der Waals surface area contributed by atoms with Crippen molar-refractivity contribution >= 4 is 28.9 Å². The van der Waals surface area contributed by atoms with Crippen molar-refractivity contribution in [2.24, 2.45) is 21.6 Å². The zero-order chi connectivity index (χ0) is 22.8. The quantitative estimate of drug-likeness (QED) is 0.505. The fraction of sp³-hybridized carbons (Fsp3) is 0.478. The van der Waals surface area contributed by atoms with Crippen LogP contribution in [0.3, 0.4) is 0 Å². The van der Waals surface area contributed by atoms with E-state index in [1.165, 1.54) is 11.4 Å². The molecular formula is C23H31N7O2. The van der Waals surface area contributed by atoms with E-state index in [9.17, 15) is 0 Å². The lowest BCUT2D eigenvalue weighted by molar-refractivity contribution is 0.0854. The van der Waals surface area contributed by atoms with Gasteiger partial charge in [0.25, 0.3) is 0 Å². The van der Waals surface area contributed by atoms with Gasteiger partial charge in [0, 0.05) is 32.1 Å². The second-order valence-electron chi connectivity index (χ2n) is 8.45. The Labute approximate surface area is 188 Å². The van der Waals surface area contributed by atoms with Crippen molar-refractivity contribution in [3.05, 3.63) is 36.0 Å². The number of rotatable bonds is 7. The van der Waals surface area contributed by atoms with Crippen molar-refractivity contribution in [1.82, 2.24) is 9.97 Å². The molecule has 2 aliphatic rings. The van der Waals surface area contributed by atoms with Gasteiger partial charge in [-0.25, -0.2) is 9.98 Å². The molecule has 32 heavy (non-hydrogen) atoms. The van der Waals surface area contributed by atoms with E-state index in [-0.39, 0.29) is 12.3 Å². The Kier molecular flexibility index (Phi) is 6.27. The van der Waals surface area contributed by atoms with Crippen molar-refractivity contribution < 1.29 is 9.47 Å². The number of anilines is 2. The first kappa shape index (κ1) is 22.0. The second-order valence-corrected chi connectivity index (χ2v) is 8.45. The highest BCUT2D eigenvalue weighted by atomic mass is 16.5. The van der Waals surface area contributed by atoms with Gasteiger partial charge in [-0.05, 0) is 39.3 Å². The number of ether oxygens (including phenoxy) is 2. The maximum atomic E-state index is 5.91. The molecule has 4 rings (SSSR count). The van der Waals surface area contributed by atoms with Gasteiger partial charge >= 0.3 is 6.01 Å². The van der Waals surface area contributed by atoms with E-state index >= 15 is 0 Å². The Morgan fingerprint density at radius 3 is 2.81 bits per heavy atom. The van der Waals surface area contributed by atoms with Crippen LogP contribution < -0.4 is 20.7 Å². The van der Waals surface area contributed by atoms with Gasteiger partial charge in [-0.2, -0.15) is 9.97 Å². The number of benzene rings is 1. The van der Waals surface area contributed by atoms with Gasteiger partial charge in [0.1, 0.15) is 18.1 Å². The highest BCUT2D eigenvalue weighted by Crippen LogP contribution is 2.53. The van der Waals surface area contributed by atoms with Crippen LogP contribution in [0.15, 0.2) is 40.3 Å². The van der Waals surface area contributed by atoms with Crippen LogP contribution in [0.4, 0.5) is 17.2 Å². The third-order valence-electron chi connectivity index (χ3n) is 5.66. The van der Waals surface area contributed by atoms with Crippen LogP contribution in [0.25, 0.3) is 0 Å². The number of hydrogen-bond acceptors (Lipinski definition) is 7. The lowest BCUT2D eigenvalue weighted by Crippen LogP contribution is -2.34. The zero-order valence-corrected chi connectivity index (χ0v) is 19.2. The van der Waals surface area contributed by atoms with Crippen LogP contribution in [0.5, 0.6) is 6.01 Å². The molecule has 0 radical (unpaired) electrons. The molecular weight excluding hydrogens is 406 g/mol. The molecule has 9 nitrogen and oxygen atoms in total. The molecule has 1 aromatic heterocycles. The van der Waals surface area contributed by atoms with Gasteiger partial charge in [0.2, 0.25) is 0 Å². The van der Waals surface area contributed by atoms with Gasteiger partial charge < -0.3 is 25.4 Å². The Morgan fingerprint density at radius 2 is 2.09 bits per heavy atom. The molecule has 1 saturated carbocycles. The van der Waals surface area contributed by atoms with Gasteiger partial charge in [0.05, 0.1) is 29.5 Å². The highest BCUT2D eigenvalue weighted by molar-refractivity contribution is 5.94. The maximum absolute atomic E-state index is 5.91. The number of methoxy groups -OCH3 is 1. The predicted molar refractivity (Wildman–Crippen MR) is 127 cm³/mol. The SMILES string of the molecule is COC[C@H](C)Oc1nc(N=C(C)N=C(C)N)cc([C@@H]2C[C@H]2C2Nc3ccccc3N2C)n1. The summed E-state index contributed by atoms with van der Waals surface area (Å²) in [5, 5.41) is 3.65. The van der Waals surface area contributed by atoms with Crippen molar-refractivity contribution in [1.29, 1.82) is 0 Å². The first-order chi connectivity index (χ1) is 15.4. The Hall–Kier alpha value is -3.20. The number of fused-ring (bicyclic) bond motifs is 1. The standard InChI is InChI=1S/C23H31N7O2/c1-13(12-31-5)32-23-28-19(11-21(29-23)26-15(3)25-14(2)24)16-10-17(16)22-27-18-8-6-7-9-20(18)30(22)4/h6-9,11,13,16-17,22,27H,10,12H2,1-5H3,(H2,24,25,26,28,29)/t13-,16+,17+,22?/m0/s1. The summed E-state index contributed by atoms with van der Waals surface area (Å²) in [5.41, 5.74) is 9.00. The van der Waals surface area contributed by atoms with E-state index in [1.807, 2.05) is 13.0 Å². The number of aromatic nitrogens is 2. The van der Waals surface area contributed by atoms with E-state index in [0.717, 1.165) is 12.1 Å². The lowest BCUT2D eigenvalue weighted by Gasteiger charge is -2.22. The molecule has 0 bridgehead atoms. The molecule has 1 aliphatic heterocycles. The molecule has 4 atom stereocenters. The average molecular weight is 438 g/mol. The molecule has 170 valence electrons. The van der Waals surface area contributed by atoms with Crippen molar-refractivity contribution in [3.8, 4) is 6.01 Å². The number of hydrogen-bond donors (Lipinski definition) is 2. The summed E-state index contributed by atoms with van der Waals surface area (Å²) < 4.78 is 11.1. The molecule has 0 saturated heterocycles. The third kappa shape index (κ3) is 4.83. The van der Waals surface area contributed by atoms with Crippen LogP contribution in [-0.4, -0.2) is 54.7 Å². The topological polar surface area (TPSA) is 110 Å². The summed E-state index contributed by atoms with van der Waals surface area (Å²) in [6.07, 6.45) is 1.08. The summed E-state index contributed by atoms with van der Waals surface area (Å²) in [5.74, 6) is 2.21. The molecule has 1 fully saturated rings. The maximum Gasteiger partial charge on any atom is 0.319 e. The smallest absolute Gasteiger partial charge is 0.319 e. The van der Waals surface area contributed by atoms with E-state index in [1.54, 1.807) is 21.0 Å². The summed E-state index contributed by atoms with van der Waals surface area (Å²) in [6.45, 7) is 5.89. The van der Waals surface area contributed by atoms with Gasteiger partial charge in [-0.15, -0.1) is 0 Å². The van der Waals surface area contributed by atoms with Gasteiger partial charge in [-0.3, -0.25) is 0 Å². The van der Waals surface area contributed by atoms with Gasteiger partial charge in [0.15, 0.2) is 5.82 Å². The van der Waals surface area contributed by atoms with Crippen LogP contribution in [-0.2, 0) is 4.74 Å². The second kappa shape index (κ2) is 9.12. The van der Waals surface area contributed by atoms with Crippen LogP contribution in [0.2, 0.25) is 0 Å². The molecule has 0 spiro atoms. The van der Waals surface area contributed by atoms with E-state index in [0.29, 0.717) is 41.9 Å². The number of nitrogens with zero attached hydrogens (tertiary/aromatic N) is 5. The molecule has 1 aliphatic carbocycles. The molecule has 2 heterocycles. The summed E-state index contributed by atoms with van der Waals surface area (Å²) >= 11 is 0. The molecule has 9 heteroatoms. The Morgan fingerprint density at radius 1 is 1.31 bits per heavy atom. The van der Waals surface area contributed by atoms with Crippen LogP contribution in [0, 0.1) is 5.92 Å². The van der Waals surface area contributed by atoms with Crippen molar-refractivity contribution in [3.63, 3.8) is 0 Å². The fourth-order valence-corrected chi connectivity index (χ4v) is 4.23. The minimum atomic E-state index is -0.176. The average Bonchev–Trinajstić information content (AvgIpc) is 3.45. The predicted octanol–water partition coefficient (Wildman–Crippen LogP) is 3.31. The summed E-state index contributed by atoms with van der Waals surface area (Å²) in [6, 6.07) is 10.6. The third-order valence-corrected chi connectivity index (χ3v) is 5.66. The van der Waals surface area contributed by atoms with E-state index in [4.69, 9.17) is 20.2 Å². The number of para-hydroxylation sites is 2. The molecule has 3 N–H and O–H groups in total. The first-order valence-corrected chi connectivity index (χ1v) is 10.8. The minimum Gasteiger partial charge on any atom is -0.458 e. The lowest BCUT2D eigenvalue weighted by atomic mass is 10.2. The zero-order valence-electron chi connectivity index (χ0n) is 19.2. The van der Waals surface area contributed by atoms with E-state index < -0.39 is 0 Å². The van der Waals surface area contributed by atoms with Gasteiger partial charge in [-0.1, -0.05) is 12.1 Å². The van der Waals surface area contributed by atoms with Crippen molar-refractivity contribution in [2.75, 3.05) is 31.0 Å². The van der Waals surface area contributed by atoms with E-state index in [2.05, 4.69) is 56.5 Å². The molecule has 1 aromatic carbocycles. The first-order valence-electron chi connectivity index (χ1n) is 10.8. The summed E-state index contributed by atoms with van der Waals surface area (Å²) in [4.78, 5) is 20.2. The number of aliphatic imine (C=N–C) groups is 2. The minimum absolute atomic E-state index is 0.176. The number of nitrogens with one attached hydrogen (secondary N) is 1. The number of nitrogens with two attached hydrogens (primary N) is 1. The fourth-order valence-electron chi connectivity index (χ4n) is 4.23. The molecule has 2 aromatic rings. The monoisotopic (exact) mass is 437 g/mol. The largest absolute Gasteiger partial charge is 0.458 e. The molecule has 1 unspecified atom stereocenters. The normalized spacial score (nSPS) is 23.5. The van der Waals surface area contributed by atoms with Crippen LogP contribution in [0.1, 0.15) is 38.8 Å². The summed E-state index contributed by atoms with van der Waals surface area (Å²) in [7, 11) is 3.77. The Balaban J connectivity index is 1.58. The Bertz CT molecular complexity index is 1030. The highest BCUT2D eigenvalue weighted by Gasteiger charge is 2.49. The number of amidine groups is 2. The van der Waals surface area contributed by atoms with Crippen LogP contribution >= 0.6 is 0 Å².